The molecular weight excluding hydrogens is 312 g/mol. The van der Waals surface area contributed by atoms with Crippen LogP contribution in [0.4, 0.5) is 5.69 Å². The van der Waals surface area contributed by atoms with Crippen LogP contribution in [0.5, 0.6) is 0 Å². The molecule has 1 aliphatic heterocycles. The van der Waals surface area contributed by atoms with Crippen molar-refractivity contribution in [3.05, 3.63) is 35.2 Å². The molecule has 1 atom stereocenters. The van der Waals surface area contributed by atoms with Gasteiger partial charge in [0.25, 0.3) is 0 Å². The zero-order chi connectivity index (χ0) is 16.2. The molecule has 1 aliphatic rings. The molecule has 1 aromatic carbocycles. The molecule has 0 spiro atoms. The second-order valence-corrected chi connectivity index (χ2v) is 6.58. The first-order valence-electron chi connectivity index (χ1n) is 7.65. The van der Waals surface area contributed by atoms with E-state index in [1.165, 1.54) is 17.3 Å². The first kappa shape index (κ1) is 16.0. The van der Waals surface area contributed by atoms with Gasteiger partial charge >= 0.3 is 0 Å². The Morgan fingerprint density at radius 1 is 1.43 bits per heavy atom. The number of ether oxygens (including phenoxy) is 1. The summed E-state index contributed by atoms with van der Waals surface area (Å²) in [6.07, 6.45) is 2.03. The predicted molar refractivity (Wildman–Crippen MR) is 89.6 cm³/mol. The fourth-order valence-electron chi connectivity index (χ4n) is 2.41. The number of benzene rings is 1. The molecule has 2 aromatic rings. The molecule has 2 heterocycles. The Bertz CT molecular complexity index is 695. The normalized spacial score (nSPS) is 17.4. The summed E-state index contributed by atoms with van der Waals surface area (Å²) in [5.41, 5.74) is 3.18. The molecule has 0 bridgehead atoms. The van der Waals surface area contributed by atoms with Crippen LogP contribution in [0.2, 0.25) is 0 Å². The maximum Gasteiger partial charge on any atom is 0.234 e. The zero-order valence-corrected chi connectivity index (χ0v) is 14.1. The first-order valence-corrected chi connectivity index (χ1v) is 8.64. The molecular formula is C16H20N4O2S. The number of H-pyrrole nitrogens is 1. The minimum absolute atomic E-state index is 0.0150. The van der Waals surface area contributed by atoms with Crippen molar-refractivity contribution in [1.29, 1.82) is 0 Å². The van der Waals surface area contributed by atoms with Crippen molar-refractivity contribution < 1.29 is 9.53 Å². The van der Waals surface area contributed by atoms with Gasteiger partial charge in [-0.3, -0.25) is 9.89 Å². The van der Waals surface area contributed by atoms with Gasteiger partial charge in [0.1, 0.15) is 6.10 Å². The highest BCUT2D eigenvalue weighted by Gasteiger charge is 2.21. The first-order chi connectivity index (χ1) is 11.1. The van der Waals surface area contributed by atoms with Gasteiger partial charge in [0.15, 0.2) is 5.82 Å². The molecule has 6 nitrogen and oxygen atoms in total. The van der Waals surface area contributed by atoms with Crippen LogP contribution in [-0.4, -0.2) is 33.4 Å². The molecule has 0 saturated carbocycles. The highest BCUT2D eigenvalue weighted by molar-refractivity contribution is 7.99. The van der Waals surface area contributed by atoms with Crippen LogP contribution in [0.1, 0.15) is 35.9 Å². The predicted octanol–water partition coefficient (Wildman–Crippen LogP) is 3.00. The number of thioether (sulfide) groups is 1. The fraction of sp³-hybridized carbons (Fsp3) is 0.438. The summed E-state index contributed by atoms with van der Waals surface area (Å²) in [6.45, 7) is 4.85. The Labute approximate surface area is 139 Å². The number of carbonyl (C=O) groups excluding carboxylic acids is 1. The van der Waals surface area contributed by atoms with E-state index < -0.39 is 0 Å². The van der Waals surface area contributed by atoms with Gasteiger partial charge in [0, 0.05) is 12.3 Å². The maximum absolute atomic E-state index is 12.0. The van der Waals surface area contributed by atoms with Gasteiger partial charge in [-0.05, 0) is 49.9 Å². The average molecular weight is 332 g/mol. The van der Waals surface area contributed by atoms with Crippen LogP contribution in [0, 0.1) is 13.8 Å². The number of hydrogen-bond donors (Lipinski definition) is 2. The summed E-state index contributed by atoms with van der Waals surface area (Å²) in [6, 6.07) is 5.88. The van der Waals surface area contributed by atoms with Gasteiger partial charge < -0.3 is 10.1 Å². The van der Waals surface area contributed by atoms with E-state index in [0.717, 1.165) is 36.5 Å². The van der Waals surface area contributed by atoms with E-state index in [4.69, 9.17) is 4.74 Å². The topological polar surface area (TPSA) is 79.9 Å². The van der Waals surface area contributed by atoms with Crippen LogP contribution < -0.4 is 5.32 Å². The lowest BCUT2D eigenvalue weighted by Gasteiger charge is -2.06. The van der Waals surface area contributed by atoms with E-state index >= 15 is 0 Å². The third-order valence-electron chi connectivity index (χ3n) is 3.84. The molecule has 7 heteroatoms. The zero-order valence-electron chi connectivity index (χ0n) is 13.3. The molecule has 122 valence electrons. The molecule has 1 unspecified atom stereocenters. The van der Waals surface area contributed by atoms with Gasteiger partial charge in [-0.15, -0.1) is 5.10 Å². The molecule has 0 aliphatic carbocycles. The van der Waals surface area contributed by atoms with E-state index in [1.807, 2.05) is 32.0 Å². The number of carbonyl (C=O) groups is 1. The molecule has 1 aromatic heterocycles. The lowest BCUT2D eigenvalue weighted by molar-refractivity contribution is -0.113. The minimum Gasteiger partial charge on any atom is -0.370 e. The fourth-order valence-corrected chi connectivity index (χ4v) is 3.01. The van der Waals surface area contributed by atoms with Crippen LogP contribution in [0.3, 0.4) is 0 Å². The highest BCUT2D eigenvalue weighted by Crippen LogP contribution is 2.27. The average Bonchev–Trinajstić information content (AvgIpc) is 3.19. The number of anilines is 1. The molecule has 23 heavy (non-hydrogen) atoms. The molecule has 1 amide bonds. The highest BCUT2D eigenvalue weighted by atomic mass is 32.2. The lowest BCUT2D eigenvalue weighted by Crippen LogP contribution is -2.14. The van der Waals surface area contributed by atoms with Crippen LogP contribution in [0.15, 0.2) is 23.4 Å². The molecule has 1 saturated heterocycles. The number of nitrogens with zero attached hydrogens (tertiary/aromatic N) is 2. The van der Waals surface area contributed by atoms with Crippen molar-refractivity contribution in [2.75, 3.05) is 17.7 Å². The van der Waals surface area contributed by atoms with Crippen molar-refractivity contribution >= 4 is 23.4 Å². The lowest BCUT2D eigenvalue weighted by atomic mass is 10.1. The van der Waals surface area contributed by atoms with Gasteiger partial charge in [-0.1, -0.05) is 17.8 Å². The number of aromatic amines is 1. The second kappa shape index (κ2) is 7.14. The van der Waals surface area contributed by atoms with Gasteiger partial charge in [0.05, 0.1) is 5.75 Å². The minimum atomic E-state index is -0.0679. The number of aromatic nitrogens is 3. The Kier molecular flexibility index (Phi) is 4.97. The van der Waals surface area contributed by atoms with Gasteiger partial charge in [0.2, 0.25) is 11.1 Å². The molecule has 1 fully saturated rings. The number of nitrogens with one attached hydrogen (secondary N) is 2. The molecule has 3 rings (SSSR count). The van der Waals surface area contributed by atoms with Crippen LogP contribution in [0.25, 0.3) is 0 Å². The Balaban J connectivity index is 1.51. The van der Waals surface area contributed by atoms with E-state index in [0.29, 0.717) is 5.16 Å². The van der Waals surface area contributed by atoms with Crippen LogP contribution in [-0.2, 0) is 9.53 Å². The van der Waals surface area contributed by atoms with Crippen molar-refractivity contribution in [3.63, 3.8) is 0 Å². The third-order valence-corrected chi connectivity index (χ3v) is 4.69. The summed E-state index contributed by atoms with van der Waals surface area (Å²) in [5, 5.41) is 10.5. The monoisotopic (exact) mass is 332 g/mol. The summed E-state index contributed by atoms with van der Waals surface area (Å²) >= 11 is 1.31. The Morgan fingerprint density at radius 2 is 2.30 bits per heavy atom. The number of aryl methyl sites for hydroxylation is 2. The largest absolute Gasteiger partial charge is 0.370 e. The van der Waals surface area contributed by atoms with E-state index in [-0.39, 0.29) is 17.8 Å². The van der Waals surface area contributed by atoms with Gasteiger partial charge in [-0.25, -0.2) is 4.98 Å². The second-order valence-electron chi connectivity index (χ2n) is 5.64. The summed E-state index contributed by atoms with van der Waals surface area (Å²) < 4.78 is 5.56. The quantitative estimate of drug-likeness (QED) is 0.823. The van der Waals surface area contributed by atoms with Crippen molar-refractivity contribution in [3.8, 4) is 0 Å². The summed E-state index contributed by atoms with van der Waals surface area (Å²) in [7, 11) is 0. The molecule has 0 radical (unpaired) electrons. The summed E-state index contributed by atoms with van der Waals surface area (Å²) in [5.74, 6) is 0.955. The number of amides is 1. The SMILES string of the molecule is Cc1ccc(NC(=O)CSc2n[nH]c(C3CCCO3)n2)cc1C. The Hall–Kier alpha value is -1.86. The standard InChI is InChI=1S/C16H20N4O2S/c1-10-5-6-12(8-11(10)2)17-14(21)9-23-16-18-15(19-20-16)13-4-3-7-22-13/h5-6,8,13H,3-4,7,9H2,1-2H3,(H,17,21)(H,18,19,20). The van der Waals surface area contributed by atoms with Crippen molar-refractivity contribution in [2.45, 2.75) is 37.9 Å². The number of hydrogen-bond acceptors (Lipinski definition) is 5. The summed E-state index contributed by atoms with van der Waals surface area (Å²) in [4.78, 5) is 16.4. The smallest absolute Gasteiger partial charge is 0.234 e. The van der Waals surface area contributed by atoms with E-state index in [1.54, 1.807) is 0 Å². The van der Waals surface area contributed by atoms with E-state index in [2.05, 4.69) is 20.5 Å². The Morgan fingerprint density at radius 3 is 3.04 bits per heavy atom. The molecule has 2 N–H and O–H groups in total. The number of rotatable bonds is 5. The third kappa shape index (κ3) is 4.11. The van der Waals surface area contributed by atoms with Crippen molar-refractivity contribution in [1.82, 2.24) is 15.2 Å². The van der Waals surface area contributed by atoms with Gasteiger partial charge in [-0.2, -0.15) is 0 Å². The maximum atomic E-state index is 12.0. The van der Waals surface area contributed by atoms with Crippen molar-refractivity contribution in [2.24, 2.45) is 0 Å². The van der Waals surface area contributed by atoms with E-state index in [9.17, 15) is 4.79 Å². The van der Waals surface area contributed by atoms with Crippen LogP contribution >= 0.6 is 11.8 Å².